The van der Waals surface area contributed by atoms with Gasteiger partial charge in [-0.25, -0.2) is 13.6 Å². The van der Waals surface area contributed by atoms with E-state index < -0.39 is 23.2 Å². The van der Waals surface area contributed by atoms with Crippen molar-refractivity contribution < 1.29 is 18.7 Å². The second kappa shape index (κ2) is 5.97. The minimum absolute atomic E-state index is 0.136. The maximum absolute atomic E-state index is 13.4. The molecule has 0 atom stereocenters. The summed E-state index contributed by atoms with van der Waals surface area (Å²) in [6.45, 7) is 0.643. The van der Waals surface area contributed by atoms with E-state index in [2.05, 4.69) is 17.2 Å². The molecule has 0 aromatic heterocycles. The SMILES string of the molecule is CNCCC#Cc1cc(F)c(C(=O)O)cc1F. The van der Waals surface area contributed by atoms with Gasteiger partial charge in [0, 0.05) is 13.0 Å². The van der Waals surface area contributed by atoms with E-state index >= 15 is 0 Å². The van der Waals surface area contributed by atoms with E-state index in [9.17, 15) is 13.6 Å². The van der Waals surface area contributed by atoms with Gasteiger partial charge in [-0.05, 0) is 19.2 Å². The highest BCUT2D eigenvalue weighted by atomic mass is 19.1. The molecule has 0 saturated carbocycles. The van der Waals surface area contributed by atoms with E-state index in [1.54, 1.807) is 7.05 Å². The van der Waals surface area contributed by atoms with Gasteiger partial charge < -0.3 is 10.4 Å². The normalized spacial score (nSPS) is 9.59. The molecular weight excluding hydrogens is 228 g/mol. The molecule has 0 spiro atoms. The number of nitrogens with one attached hydrogen (secondary N) is 1. The predicted octanol–water partition coefficient (Wildman–Crippen LogP) is 1.62. The van der Waals surface area contributed by atoms with E-state index in [1.165, 1.54) is 0 Å². The van der Waals surface area contributed by atoms with Crippen LogP contribution in [0.15, 0.2) is 12.1 Å². The first-order chi connectivity index (χ1) is 8.06. The molecule has 0 aliphatic carbocycles. The van der Waals surface area contributed by atoms with Crippen molar-refractivity contribution in [2.75, 3.05) is 13.6 Å². The van der Waals surface area contributed by atoms with Crippen molar-refractivity contribution in [1.29, 1.82) is 0 Å². The van der Waals surface area contributed by atoms with Crippen LogP contribution < -0.4 is 5.32 Å². The molecule has 2 N–H and O–H groups in total. The van der Waals surface area contributed by atoms with Crippen LogP contribution in [0.5, 0.6) is 0 Å². The van der Waals surface area contributed by atoms with Crippen LogP contribution in [0, 0.1) is 23.5 Å². The topological polar surface area (TPSA) is 49.3 Å². The van der Waals surface area contributed by atoms with Gasteiger partial charge in [-0.1, -0.05) is 11.8 Å². The second-order valence-corrected chi connectivity index (χ2v) is 3.27. The lowest BCUT2D eigenvalue weighted by molar-refractivity contribution is 0.0691. The summed E-state index contributed by atoms with van der Waals surface area (Å²) < 4.78 is 26.6. The van der Waals surface area contributed by atoms with Crippen molar-refractivity contribution in [1.82, 2.24) is 5.32 Å². The van der Waals surface area contributed by atoms with Gasteiger partial charge in [0.2, 0.25) is 0 Å². The maximum atomic E-state index is 13.4. The third kappa shape index (κ3) is 3.54. The largest absolute Gasteiger partial charge is 0.478 e. The predicted molar refractivity (Wildman–Crippen MR) is 58.7 cm³/mol. The summed E-state index contributed by atoms with van der Waals surface area (Å²) in [7, 11) is 1.75. The van der Waals surface area contributed by atoms with Crippen LogP contribution in [-0.2, 0) is 0 Å². The zero-order valence-corrected chi connectivity index (χ0v) is 9.18. The highest BCUT2D eigenvalue weighted by molar-refractivity contribution is 5.88. The van der Waals surface area contributed by atoms with Gasteiger partial charge in [0.15, 0.2) is 0 Å². The molecule has 1 rings (SSSR count). The first-order valence-electron chi connectivity index (χ1n) is 4.92. The van der Waals surface area contributed by atoms with E-state index in [0.717, 1.165) is 6.07 Å². The van der Waals surface area contributed by atoms with Crippen LogP contribution in [0.25, 0.3) is 0 Å². The van der Waals surface area contributed by atoms with Crippen molar-refractivity contribution in [2.24, 2.45) is 0 Å². The van der Waals surface area contributed by atoms with Crippen LogP contribution in [0.1, 0.15) is 22.3 Å². The number of carbonyl (C=O) groups is 1. The third-order valence-electron chi connectivity index (χ3n) is 2.01. The number of hydrogen-bond acceptors (Lipinski definition) is 2. The fourth-order valence-electron chi connectivity index (χ4n) is 1.15. The minimum Gasteiger partial charge on any atom is -0.478 e. The monoisotopic (exact) mass is 239 g/mol. The van der Waals surface area contributed by atoms with Crippen LogP contribution in [-0.4, -0.2) is 24.7 Å². The van der Waals surface area contributed by atoms with E-state index in [1.807, 2.05) is 0 Å². The quantitative estimate of drug-likeness (QED) is 0.622. The standard InChI is InChI=1S/C12H11F2NO2/c1-15-5-3-2-4-8-6-11(14)9(12(16)17)7-10(8)13/h6-7,15H,3,5H2,1H3,(H,16,17). The van der Waals surface area contributed by atoms with Crippen molar-refractivity contribution in [3.05, 3.63) is 34.9 Å². The smallest absolute Gasteiger partial charge is 0.338 e. The summed E-state index contributed by atoms with van der Waals surface area (Å²) in [4.78, 5) is 10.5. The van der Waals surface area contributed by atoms with Crippen molar-refractivity contribution in [3.63, 3.8) is 0 Å². The van der Waals surface area contributed by atoms with Crippen molar-refractivity contribution in [2.45, 2.75) is 6.42 Å². The summed E-state index contributed by atoms with van der Waals surface area (Å²) in [6, 6.07) is 1.44. The highest BCUT2D eigenvalue weighted by Gasteiger charge is 2.13. The molecule has 0 aliphatic rings. The lowest BCUT2D eigenvalue weighted by atomic mass is 10.1. The first kappa shape index (κ1) is 13.1. The number of rotatable bonds is 3. The molecule has 0 heterocycles. The Labute approximate surface area is 97.5 Å². The van der Waals surface area contributed by atoms with Gasteiger partial charge in [-0.3, -0.25) is 0 Å². The van der Waals surface area contributed by atoms with Crippen molar-refractivity contribution in [3.8, 4) is 11.8 Å². The molecule has 5 heteroatoms. The second-order valence-electron chi connectivity index (χ2n) is 3.27. The Bertz CT molecular complexity index is 489. The lowest BCUT2D eigenvalue weighted by Crippen LogP contribution is -2.06. The van der Waals surface area contributed by atoms with E-state index in [4.69, 9.17) is 5.11 Å². The fourth-order valence-corrected chi connectivity index (χ4v) is 1.15. The summed E-state index contributed by atoms with van der Waals surface area (Å²) in [5, 5.41) is 11.4. The van der Waals surface area contributed by atoms with Gasteiger partial charge >= 0.3 is 5.97 Å². The number of halogens is 2. The number of aromatic carboxylic acids is 1. The third-order valence-corrected chi connectivity index (χ3v) is 2.01. The molecular formula is C12H11F2NO2. The van der Waals surface area contributed by atoms with Crippen LogP contribution >= 0.6 is 0 Å². The Morgan fingerprint density at radius 2 is 2.12 bits per heavy atom. The first-order valence-corrected chi connectivity index (χ1v) is 4.92. The zero-order chi connectivity index (χ0) is 12.8. The molecule has 3 nitrogen and oxygen atoms in total. The Morgan fingerprint density at radius 1 is 1.41 bits per heavy atom. The lowest BCUT2D eigenvalue weighted by Gasteiger charge is -1.99. The van der Waals surface area contributed by atoms with Crippen LogP contribution in [0.4, 0.5) is 8.78 Å². The summed E-state index contributed by atoms with van der Waals surface area (Å²) in [5.74, 6) is 1.78. The molecule has 1 aromatic carbocycles. The van der Waals surface area contributed by atoms with Gasteiger partial charge in [0.05, 0.1) is 11.1 Å². The average molecular weight is 239 g/mol. The molecule has 0 bridgehead atoms. The number of hydrogen-bond donors (Lipinski definition) is 2. The maximum Gasteiger partial charge on any atom is 0.338 e. The summed E-state index contributed by atoms with van der Waals surface area (Å²) in [5.41, 5.74) is -0.827. The number of carboxylic acid groups (broad SMARTS) is 1. The Balaban J connectivity index is 2.98. The molecule has 0 unspecified atom stereocenters. The Kier molecular flexibility index (Phi) is 4.61. The average Bonchev–Trinajstić information content (AvgIpc) is 2.28. The molecule has 90 valence electrons. The molecule has 0 aliphatic heterocycles. The van der Waals surface area contributed by atoms with Crippen LogP contribution in [0.2, 0.25) is 0 Å². The minimum atomic E-state index is -1.50. The Morgan fingerprint density at radius 3 is 2.71 bits per heavy atom. The van der Waals surface area contributed by atoms with Crippen molar-refractivity contribution >= 4 is 5.97 Å². The number of carboxylic acids is 1. The van der Waals surface area contributed by atoms with Crippen LogP contribution in [0.3, 0.4) is 0 Å². The zero-order valence-electron chi connectivity index (χ0n) is 9.18. The molecule has 17 heavy (non-hydrogen) atoms. The highest BCUT2D eigenvalue weighted by Crippen LogP contribution is 2.14. The van der Waals surface area contributed by atoms with Gasteiger partial charge in [-0.15, -0.1) is 0 Å². The number of benzene rings is 1. The summed E-state index contributed by atoms with van der Waals surface area (Å²) >= 11 is 0. The summed E-state index contributed by atoms with van der Waals surface area (Å²) in [6.07, 6.45) is 0.498. The van der Waals surface area contributed by atoms with Gasteiger partial charge in [0.25, 0.3) is 0 Å². The Hall–Kier alpha value is -1.93. The molecule has 1 aromatic rings. The van der Waals surface area contributed by atoms with E-state index in [0.29, 0.717) is 19.0 Å². The molecule has 0 saturated heterocycles. The van der Waals surface area contributed by atoms with E-state index in [-0.39, 0.29) is 5.56 Å². The van der Waals surface area contributed by atoms with Gasteiger partial charge in [0.1, 0.15) is 11.6 Å². The molecule has 0 fully saturated rings. The molecule has 0 radical (unpaired) electrons. The van der Waals surface area contributed by atoms with Gasteiger partial charge in [-0.2, -0.15) is 0 Å². The molecule has 0 amide bonds. The fraction of sp³-hybridized carbons (Fsp3) is 0.250.